The number of benzene rings is 1. The van der Waals surface area contributed by atoms with Gasteiger partial charge >= 0.3 is 0 Å². The van der Waals surface area contributed by atoms with Gasteiger partial charge in [-0.1, -0.05) is 13.0 Å². The van der Waals surface area contributed by atoms with Crippen molar-refractivity contribution in [2.45, 2.75) is 37.1 Å². The van der Waals surface area contributed by atoms with Crippen molar-refractivity contribution < 1.29 is 18.1 Å². The Kier molecular flexibility index (Phi) is 5.32. The van der Waals surface area contributed by atoms with Gasteiger partial charge in [-0.05, 0) is 18.9 Å². The molecule has 9 heteroatoms. The fourth-order valence-corrected chi connectivity index (χ4v) is 3.87. The van der Waals surface area contributed by atoms with Crippen LogP contribution in [0.1, 0.15) is 26.2 Å². The largest absolute Gasteiger partial charge is 0.343 e. The Bertz CT molecular complexity index is 696. The number of non-ortho nitro benzene ring substituents is 1. The van der Waals surface area contributed by atoms with E-state index in [1.54, 1.807) is 11.8 Å². The number of piperidine rings is 1. The molecule has 0 saturated carbocycles. The van der Waals surface area contributed by atoms with Gasteiger partial charge in [0, 0.05) is 37.7 Å². The average molecular weight is 341 g/mol. The van der Waals surface area contributed by atoms with Gasteiger partial charge in [0.2, 0.25) is 15.9 Å². The van der Waals surface area contributed by atoms with Gasteiger partial charge in [0.05, 0.1) is 9.82 Å². The number of nitrogens with one attached hydrogen (secondary N) is 1. The summed E-state index contributed by atoms with van der Waals surface area (Å²) >= 11 is 0. The van der Waals surface area contributed by atoms with Gasteiger partial charge < -0.3 is 4.90 Å². The molecule has 1 saturated heterocycles. The number of carbonyl (C=O) groups excluding carboxylic acids is 1. The number of nitro groups is 1. The van der Waals surface area contributed by atoms with Crippen molar-refractivity contribution >= 4 is 21.6 Å². The van der Waals surface area contributed by atoms with E-state index in [2.05, 4.69) is 4.72 Å². The molecule has 0 bridgehead atoms. The molecule has 0 radical (unpaired) electrons. The van der Waals surface area contributed by atoms with Crippen LogP contribution in [0.2, 0.25) is 0 Å². The first kappa shape index (κ1) is 17.4. The molecule has 1 aliphatic heterocycles. The number of amides is 1. The molecule has 126 valence electrons. The lowest BCUT2D eigenvalue weighted by Crippen LogP contribution is -2.46. The van der Waals surface area contributed by atoms with E-state index >= 15 is 0 Å². The molecule has 8 nitrogen and oxygen atoms in total. The van der Waals surface area contributed by atoms with Crippen LogP contribution in [-0.4, -0.2) is 43.3 Å². The van der Waals surface area contributed by atoms with Crippen molar-refractivity contribution in [3.63, 3.8) is 0 Å². The molecule has 0 atom stereocenters. The maximum atomic E-state index is 12.3. The van der Waals surface area contributed by atoms with E-state index in [-0.39, 0.29) is 22.5 Å². The van der Waals surface area contributed by atoms with Crippen LogP contribution < -0.4 is 4.72 Å². The number of likely N-dealkylation sites (tertiary alicyclic amines) is 1. The first-order valence-electron chi connectivity index (χ1n) is 7.38. The summed E-state index contributed by atoms with van der Waals surface area (Å²) in [7, 11) is -3.82. The highest BCUT2D eigenvalue weighted by Crippen LogP contribution is 2.19. The molecule has 0 aliphatic carbocycles. The zero-order valence-corrected chi connectivity index (χ0v) is 13.6. The van der Waals surface area contributed by atoms with Gasteiger partial charge in [0.25, 0.3) is 5.69 Å². The first-order chi connectivity index (χ1) is 10.8. The Morgan fingerprint density at radius 3 is 2.61 bits per heavy atom. The van der Waals surface area contributed by atoms with Gasteiger partial charge in [-0.25, -0.2) is 13.1 Å². The molecule has 1 amide bonds. The topological polar surface area (TPSA) is 110 Å². The minimum atomic E-state index is -3.82. The molecule has 0 aromatic heterocycles. The van der Waals surface area contributed by atoms with Gasteiger partial charge in [0.1, 0.15) is 0 Å². The van der Waals surface area contributed by atoms with E-state index < -0.39 is 14.9 Å². The average Bonchev–Trinajstić information content (AvgIpc) is 2.54. The van der Waals surface area contributed by atoms with E-state index in [9.17, 15) is 23.3 Å². The van der Waals surface area contributed by atoms with Crippen LogP contribution in [0.5, 0.6) is 0 Å². The number of carbonyl (C=O) groups is 1. The maximum Gasteiger partial charge on any atom is 0.270 e. The molecule has 1 N–H and O–H groups in total. The van der Waals surface area contributed by atoms with Crippen LogP contribution in [0.4, 0.5) is 5.69 Å². The van der Waals surface area contributed by atoms with E-state index in [4.69, 9.17) is 0 Å². The lowest BCUT2D eigenvalue weighted by Gasteiger charge is -2.32. The summed E-state index contributed by atoms with van der Waals surface area (Å²) in [6, 6.07) is 4.67. The third-order valence-electron chi connectivity index (χ3n) is 3.81. The summed E-state index contributed by atoms with van der Waals surface area (Å²) in [4.78, 5) is 23.3. The van der Waals surface area contributed by atoms with Crippen LogP contribution in [0.3, 0.4) is 0 Å². The molecule has 1 fully saturated rings. The standard InChI is InChI=1S/C14H19N3O5S/c1-2-14(18)16-8-6-11(7-9-16)15-23(21,22)13-5-3-4-12(10-13)17(19)20/h3-5,10-11,15H,2,6-9H2,1H3. The van der Waals surface area contributed by atoms with Gasteiger partial charge in [0.15, 0.2) is 0 Å². The number of rotatable bonds is 5. The molecule has 1 aromatic carbocycles. The molecule has 2 rings (SSSR count). The molecule has 1 aliphatic rings. The van der Waals surface area contributed by atoms with Gasteiger partial charge in [-0.2, -0.15) is 0 Å². The first-order valence-corrected chi connectivity index (χ1v) is 8.86. The Balaban J connectivity index is 2.04. The van der Waals surface area contributed by atoms with Crippen LogP contribution in [-0.2, 0) is 14.8 Å². The molecule has 0 spiro atoms. The fraction of sp³-hybridized carbons (Fsp3) is 0.500. The zero-order valence-electron chi connectivity index (χ0n) is 12.8. The number of sulfonamides is 1. The zero-order chi connectivity index (χ0) is 17.0. The third-order valence-corrected chi connectivity index (χ3v) is 5.33. The Morgan fingerprint density at radius 2 is 2.04 bits per heavy atom. The molecule has 23 heavy (non-hydrogen) atoms. The monoisotopic (exact) mass is 341 g/mol. The maximum absolute atomic E-state index is 12.3. The lowest BCUT2D eigenvalue weighted by molar-refractivity contribution is -0.385. The summed E-state index contributed by atoms with van der Waals surface area (Å²) < 4.78 is 27.2. The van der Waals surface area contributed by atoms with E-state index in [0.717, 1.165) is 6.07 Å². The summed E-state index contributed by atoms with van der Waals surface area (Å²) in [5.74, 6) is 0.0602. The quantitative estimate of drug-likeness (QED) is 0.641. The summed E-state index contributed by atoms with van der Waals surface area (Å²) in [6.07, 6.45) is 1.49. The van der Waals surface area contributed by atoms with Crippen molar-refractivity contribution in [2.75, 3.05) is 13.1 Å². The van der Waals surface area contributed by atoms with Gasteiger partial charge in [-0.15, -0.1) is 0 Å². The van der Waals surface area contributed by atoms with E-state index in [0.29, 0.717) is 32.4 Å². The lowest BCUT2D eigenvalue weighted by atomic mass is 10.1. The van der Waals surface area contributed by atoms with Crippen molar-refractivity contribution in [3.8, 4) is 0 Å². The van der Waals surface area contributed by atoms with Crippen molar-refractivity contribution in [1.29, 1.82) is 0 Å². The van der Waals surface area contributed by atoms with Crippen LogP contribution in [0.15, 0.2) is 29.2 Å². The molecular weight excluding hydrogens is 322 g/mol. The summed E-state index contributed by atoms with van der Waals surface area (Å²) in [5, 5.41) is 10.8. The highest BCUT2D eigenvalue weighted by atomic mass is 32.2. The number of hydrogen-bond acceptors (Lipinski definition) is 5. The number of hydrogen-bond donors (Lipinski definition) is 1. The second-order valence-corrected chi connectivity index (χ2v) is 7.10. The highest BCUT2D eigenvalue weighted by Gasteiger charge is 2.26. The van der Waals surface area contributed by atoms with E-state index in [1.807, 2.05) is 0 Å². The van der Waals surface area contributed by atoms with Crippen LogP contribution in [0.25, 0.3) is 0 Å². The molecule has 1 aromatic rings. The van der Waals surface area contributed by atoms with Crippen molar-refractivity contribution in [3.05, 3.63) is 34.4 Å². The molecule has 1 heterocycles. The normalized spacial score (nSPS) is 16.3. The number of nitro benzene ring substituents is 1. The predicted octanol–water partition coefficient (Wildman–Crippen LogP) is 1.27. The predicted molar refractivity (Wildman–Crippen MR) is 83.3 cm³/mol. The van der Waals surface area contributed by atoms with Gasteiger partial charge in [-0.3, -0.25) is 14.9 Å². The second-order valence-electron chi connectivity index (χ2n) is 5.38. The molecule has 0 unspecified atom stereocenters. The van der Waals surface area contributed by atoms with E-state index in [1.165, 1.54) is 18.2 Å². The minimum Gasteiger partial charge on any atom is -0.343 e. The smallest absolute Gasteiger partial charge is 0.270 e. The second kappa shape index (κ2) is 7.05. The summed E-state index contributed by atoms with van der Waals surface area (Å²) in [5.41, 5.74) is -0.267. The SMILES string of the molecule is CCC(=O)N1CCC(NS(=O)(=O)c2cccc([N+](=O)[O-])c2)CC1. The summed E-state index contributed by atoms with van der Waals surface area (Å²) in [6.45, 7) is 2.81. The van der Waals surface area contributed by atoms with Crippen LogP contribution in [0, 0.1) is 10.1 Å². The highest BCUT2D eigenvalue weighted by molar-refractivity contribution is 7.89. The third kappa shape index (κ3) is 4.26. The number of nitrogens with zero attached hydrogens (tertiary/aromatic N) is 2. The van der Waals surface area contributed by atoms with Crippen molar-refractivity contribution in [1.82, 2.24) is 9.62 Å². The Morgan fingerprint density at radius 1 is 1.39 bits per heavy atom. The minimum absolute atomic E-state index is 0.0602. The fourth-order valence-electron chi connectivity index (χ4n) is 2.52. The van der Waals surface area contributed by atoms with Crippen molar-refractivity contribution in [2.24, 2.45) is 0 Å². The Hall–Kier alpha value is -2.00. The molecular formula is C14H19N3O5S. The van der Waals surface area contributed by atoms with Crippen LogP contribution >= 0.6 is 0 Å². The Labute approximate surface area is 134 Å².